The highest BCUT2D eigenvalue weighted by molar-refractivity contribution is 5.42. The molecule has 0 amide bonds. The van der Waals surface area contributed by atoms with Crippen LogP contribution in [-0.4, -0.2) is 39.0 Å². The van der Waals surface area contributed by atoms with Gasteiger partial charge < -0.3 is 19.5 Å². The lowest BCUT2D eigenvalue weighted by Gasteiger charge is -2.43. The zero-order valence-electron chi connectivity index (χ0n) is 12.8. The van der Waals surface area contributed by atoms with Crippen LogP contribution in [0.2, 0.25) is 0 Å². The minimum absolute atomic E-state index is 0.0932. The number of benzene rings is 1. The Labute approximate surface area is 121 Å². The SMILES string of the molecule is CCCOC1C(NC)CC1Oc1ccc(C)cc1OC. The summed E-state index contributed by atoms with van der Waals surface area (Å²) in [5.74, 6) is 1.58. The Kier molecular flexibility index (Phi) is 5.26. The third-order valence-corrected chi connectivity index (χ3v) is 3.73. The van der Waals surface area contributed by atoms with Gasteiger partial charge in [0.2, 0.25) is 0 Å². The standard InChI is InChI=1S/C16H25NO3/c1-5-8-19-16-12(17-3)10-15(16)20-13-7-6-11(2)9-14(13)18-4/h6-7,9,12,15-17H,5,8,10H2,1-4H3. The molecule has 0 aromatic heterocycles. The molecule has 2 rings (SSSR count). The van der Waals surface area contributed by atoms with Crippen LogP contribution in [0.15, 0.2) is 18.2 Å². The average molecular weight is 279 g/mol. The largest absolute Gasteiger partial charge is 0.493 e. The predicted molar refractivity (Wildman–Crippen MR) is 79.6 cm³/mol. The Morgan fingerprint density at radius 3 is 2.75 bits per heavy atom. The van der Waals surface area contributed by atoms with Gasteiger partial charge in [0.15, 0.2) is 11.5 Å². The molecule has 0 radical (unpaired) electrons. The van der Waals surface area contributed by atoms with E-state index in [4.69, 9.17) is 14.2 Å². The number of aryl methyl sites for hydroxylation is 1. The molecule has 1 aromatic rings. The van der Waals surface area contributed by atoms with Crippen LogP contribution in [-0.2, 0) is 4.74 Å². The maximum Gasteiger partial charge on any atom is 0.161 e. The summed E-state index contributed by atoms with van der Waals surface area (Å²) in [5.41, 5.74) is 1.16. The topological polar surface area (TPSA) is 39.7 Å². The summed E-state index contributed by atoms with van der Waals surface area (Å²) in [6.07, 6.45) is 2.19. The number of methoxy groups -OCH3 is 1. The molecule has 1 aliphatic rings. The van der Waals surface area contributed by atoms with Gasteiger partial charge in [0, 0.05) is 19.1 Å². The van der Waals surface area contributed by atoms with E-state index in [1.54, 1.807) is 7.11 Å². The van der Waals surface area contributed by atoms with E-state index >= 15 is 0 Å². The molecular formula is C16H25NO3. The average Bonchev–Trinajstić information content (AvgIpc) is 2.44. The highest BCUT2D eigenvalue weighted by Gasteiger charge is 2.43. The maximum absolute atomic E-state index is 6.08. The van der Waals surface area contributed by atoms with Crippen molar-refractivity contribution in [2.75, 3.05) is 20.8 Å². The van der Waals surface area contributed by atoms with Gasteiger partial charge in [0.1, 0.15) is 12.2 Å². The fourth-order valence-electron chi connectivity index (χ4n) is 2.49. The second-order valence-corrected chi connectivity index (χ2v) is 5.28. The van der Waals surface area contributed by atoms with Gasteiger partial charge in [0.05, 0.1) is 7.11 Å². The van der Waals surface area contributed by atoms with Crippen molar-refractivity contribution in [2.45, 2.75) is 44.9 Å². The summed E-state index contributed by atoms with van der Waals surface area (Å²) in [5, 5.41) is 3.28. The monoisotopic (exact) mass is 279 g/mol. The first-order chi connectivity index (χ1) is 9.69. The minimum atomic E-state index is 0.0932. The van der Waals surface area contributed by atoms with E-state index in [0.717, 1.165) is 36.5 Å². The molecule has 0 aliphatic heterocycles. The Morgan fingerprint density at radius 1 is 1.30 bits per heavy atom. The number of nitrogens with one attached hydrogen (secondary N) is 1. The van der Waals surface area contributed by atoms with E-state index in [1.165, 1.54) is 0 Å². The molecule has 0 heterocycles. The lowest BCUT2D eigenvalue weighted by molar-refractivity contribution is -0.106. The van der Waals surface area contributed by atoms with Crippen molar-refractivity contribution in [3.8, 4) is 11.5 Å². The molecule has 0 spiro atoms. The van der Waals surface area contributed by atoms with Crippen LogP contribution in [0, 0.1) is 6.92 Å². The number of ether oxygens (including phenoxy) is 3. The molecule has 112 valence electrons. The van der Waals surface area contributed by atoms with Crippen molar-refractivity contribution in [1.29, 1.82) is 0 Å². The number of hydrogen-bond donors (Lipinski definition) is 1. The van der Waals surface area contributed by atoms with Gasteiger partial charge in [-0.15, -0.1) is 0 Å². The summed E-state index contributed by atoms with van der Waals surface area (Å²) in [6.45, 7) is 4.93. The number of hydrogen-bond acceptors (Lipinski definition) is 4. The van der Waals surface area contributed by atoms with Gasteiger partial charge in [-0.3, -0.25) is 0 Å². The molecular weight excluding hydrogens is 254 g/mol. The molecule has 0 saturated heterocycles. The molecule has 4 heteroatoms. The molecule has 1 saturated carbocycles. The first-order valence-corrected chi connectivity index (χ1v) is 7.29. The Bertz CT molecular complexity index is 436. The molecule has 3 unspecified atom stereocenters. The summed E-state index contributed by atoms with van der Waals surface area (Å²) in [4.78, 5) is 0. The first-order valence-electron chi connectivity index (χ1n) is 7.29. The van der Waals surface area contributed by atoms with Crippen LogP contribution in [0.1, 0.15) is 25.3 Å². The summed E-state index contributed by atoms with van der Waals surface area (Å²) < 4.78 is 17.3. The van der Waals surface area contributed by atoms with E-state index in [9.17, 15) is 0 Å². The Hall–Kier alpha value is -1.26. The Balaban J connectivity index is 2.02. The molecule has 1 fully saturated rings. The van der Waals surface area contributed by atoms with Gasteiger partial charge in [-0.2, -0.15) is 0 Å². The van der Waals surface area contributed by atoms with Crippen LogP contribution in [0.25, 0.3) is 0 Å². The normalized spacial score (nSPS) is 25.1. The van der Waals surface area contributed by atoms with Gasteiger partial charge in [0.25, 0.3) is 0 Å². The smallest absolute Gasteiger partial charge is 0.161 e. The van der Waals surface area contributed by atoms with E-state index in [1.807, 2.05) is 32.2 Å². The van der Waals surface area contributed by atoms with Crippen LogP contribution < -0.4 is 14.8 Å². The lowest BCUT2D eigenvalue weighted by atomic mass is 9.85. The summed E-state index contributed by atoms with van der Waals surface area (Å²) >= 11 is 0. The van der Waals surface area contributed by atoms with Crippen molar-refractivity contribution < 1.29 is 14.2 Å². The van der Waals surface area contributed by atoms with E-state index in [0.29, 0.717) is 6.04 Å². The van der Waals surface area contributed by atoms with Crippen molar-refractivity contribution in [3.05, 3.63) is 23.8 Å². The van der Waals surface area contributed by atoms with Crippen LogP contribution in [0.3, 0.4) is 0 Å². The highest BCUT2D eigenvalue weighted by atomic mass is 16.6. The molecule has 20 heavy (non-hydrogen) atoms. The molecule has 4 nitrogen and oxygen atoms in total. The van der Waals surface area contributed by atoms with E-state index in [-0.39, 0.29) is 12.2 Å². The zero-order chi connectivity index (χ0) is 14.5. The fourth-order valence-corrected chi connectivity index (χ4v) is 2.49. The lowest BCUT2D eigenvalue weighted by Crippen LogP contribution is -2.60. The van der Waals surface area contributed by atoms with Crippen molar-refractivity contribution in [2.24, 2.45) is 0 Å². The fraction of sp³-hybridized carbons (Fsp3) is 0.625. The van der Waals surface area contributed by atoms with Gasteiger partial charge in [-0.05, 0) is 38.1 Å². The third kappa shape index (κ3) is 3.25. The van der Waals surface area contributed by atoms with Crippen LogP contribution in [0.5, 0.6) is 11.5 Å². The second-order valence-electron chi connectivity index (χ2n) is 5.28. The van der Waals surface area contributed by atoms with Crippen molar-refractivity contribution in [3.63, 3.8) is 0 Å². The van der Waals surface area contributed by atoms with Gasteiger partial charge >= 0.3 is 0 Å². The van der Waals surface area contributed by atoms with Gasteiger partial charge in [-0.25, -0.2) is 0 Å². The third-order valence-electron chi connectivity index (χ3n) is 3.73. The summed E-state index contributed by atoms with van der Waals surface area (Å²) in [6, 6.07) is 6.37. The van der Waals surface area contributed by atoms with Crippen molar-refractivity contribution in [1.82, 2.24) is 5.32 Å². The highest BCUT2D eigenvalue weighted by Crippen LogP contribution is 2.34. The summed E-state index contributed by atoms with van der Waals surface area (Å²) in [7, 11) is 3.64. The zero-order valence-corrected chi connectivity index (χ0v) is 12.8. The van der Waals surface area contributed by atoms with Crippen LogP contribution in [0.4, 0.5) is 0 Å². The number of likely N-dealkylation sites (N-methyl/N-ethyl adjacent to an activating group) is 1. The van der Waals surface area contributed by atoms with Gasteiger partial charge in [-0.1, -0.05) is 13.0 Å². The Morgan fingerprint density at radius 2 is 2.10 bits per heavy atom. The molecule has 3 atom stereocenters. The first kappa shape index (κ1) is 15.1. The minimum Gasteiger partial charge on any atom is -0.493 e. The molecule has 1 aliphatic carbocycles. The maximum atomic E-state index is 6.08. The molecule has 0 bridgehead atoms. The van der Waals surface area contributed by atoms with E-state index in [2.05, 4.69) is 12.2 Å². The van der Waals surface area contributed by atoms with Crippen molar-refractivity contribution >= 4 is 0 Å². The molecule has 1 aromatic carbocycles. The quantitative estimate of drug-likeness (QED) is 0.832. The van der Waals surface area contributed by atoms with Crippen LogP contribution >= 0.6 is 0 Å². The predicted octanol–water partition coefficient (Wildman–Crippen LogP) is 2.54. The second kappa shape index (κ2) is 6.95. The number of rotatable bonds is 7. The molecule has 1 N–H and O–H groups in total. The van der Waals surface area contributed by atoms with E-state index < -0.39 is 0 Å².